The van der Waals surface area contributed by atoms with Crippen LogP contribution in [-0.4, -0.2) is 40.1 Å². The minimum absolute atomic E-state index is 0.00759. The second-order valence-electron chi connectivity index (χ2n) is 5.64. The number of piperidine rings is 1. The highest BCUT2D eigenvalue weighted by Crippen LogP contribution is 2.25. The summed E-state index contributed by atoms with van der Waals surface area (Å²) in [6, 6.07) is 9.70. The Morgan fingerprint density at radius 2 is 2.25 bits per heavy atom. The number of nitrogens with one attached hydrogen (secondary N) is 1. The van der Waals surface area contributed by atoms with Gasteiger partial charge in [-0.3, -0.25) is 4.79 Å². The first-order chi connectivity index (χ1) is 9.70. The second kappa shape index (κ2) is 5.29. The minimum atomic E-state index is -0.0670. The van der Waals surface area contributed by atoms with E-state index in [-0.39, 0.29) is 18.6 Å². The largest absolute Gasteiger partial charge is 0.394 e. The number of carbonyl (C=O) groups excluding carboxylic acids is 1. The van der Waals surface area contributed by atoms with Crippen LogP contribution in [0.25, 0.3) is 10.9 Å². The van der Waals surface area contributed by atoms with E-state index in [1.54, 1.807) is 0 Å². The number of aliphatic hydroxyl groups excluding tert-OH is 1. The van der Waals surface area contributed by atoms with E-state index in [4.69, 9.17) is 0 Å². The van der Waals surface area contributed by atoms with E-state index >= 15 is 0 Å². The molecular weight excluding hydrogens is 252 g/mol. The molecule has 2 aromatic rings. The molecule has 4 heteroatoms. The van der Waals surface area contributed by atoms with Gasteiger partial charge in [0.05, 0.1) is 12.6 Å². The maximum Gasteiger partial charge on any atom is 0.270 e. The van der Waals surface area contributed by atoms with Gasteiger partial charge in [0.15, 0.2) is 0 Å². The zero-order valence-corrected chi connectivity index (χ0v) is 11.7. The first kappa shape index (κ1) is 13.2. The maximum absolute atomic E-state index is 12.7. The molecule has 1 aromatic carbocycles. The number of nitrogens with zero attached hydrogens (tertiary/aromatic N) is 1. The van der Waals surface area contributed by atoms with Crippen LogP contribution < -0.4 is 0 Å². The number of hydrogen-bond acceptors (Lipinski definition) is 2. The molecule has 1 saturated heterocycles. The second-order valence-corrected chi connectivity index (χ2v) is 5.64. The Kier molecular flexibility index (Phi) is 3.49. The summed E-state index contributed by atoms with van der Waals surface area (Å²) in [5.41, 5.74) is 1.58. The molecule has 1 aliphatic heterocycles. The van der Waals surface area contributed by atoms with Crippen LogP contribution in [0.15, 0.2) is 30.3 Å². The van der Waals surface area contributed by atoms with Crippen LogP contribution in [-0.2, 0) is 0 Å². The highest BCUT2D eigenvalue weighted by molar-refractivity contribution is 5.98. The molecule has 4 nitrogen and oxygen atoms in total. The van der Waals surface area contributed by atoms with E-state index in [1.165, 1.54) is 0 Å². The highest BCUT2D eigenvalue weighted by Gasteiger charge is 2.32. The lowest BCUT2D eigenvalue weighted by atomic mass is 9.91. The molecule has 0 aliphatic carbocycles. The molecule has 106 valence electrons. The number of aromatic amines is 1. The summed E-state index contributed by atoms with van der Waals surface area (Å²) in [7, 11) is 0. The molecule has 1 amide bonds. The number of fused-ring (bicyclic) bond motifs is 1. The van der Waals surface area contributed by atoms with E-state index in [2.05, 4.69) is 11.9 Å². The Morgan fingerprint density at radius 1 is 1.45 bits per heavy atom. The standard InChI is InChI=1S/C16H20N2O2/c1-11-5-4-8-18(15(11)10-19)16(20)14-9-12-6-2-3-7-13(12)17-14/h2-3,6-7,9,11,15,17,19H,4-5,8,10H2,1H3. The molecule has 0 saturated carbocycles. The topological polar surface area (TPSA) is 56.3 Å². The number of hydrogen-bond donors (Lipinski definition) is 2. The number of benzene rings is 1. The zero-order chi connectivity index (χ0) is 14.1. The molecule has 1 aliphatic rings. The Labute approximate surface area is 118 Å². The van der Waals surface area contributed by atoms with E-state index in [0.29, 0.717) is 11.6 Å². The molecule has 2 unspecified atom stereocenters. The molecule has 2 atom stereocenters. The van der Waals surface area contributed by atoms with Gasteiger partial charge in [0.1, 0.15) is 5.69 Å². The summed E-state index contributed by atoms with van der Waals surface area (Å²) >= 11 is 0. The minimum Gasteiger partial charge on any atom is -0.394 e. The predicted molar refractivity (Wildman–Crippen MR) is 78.6 cm³/mol. The van der Waals surface area contributed by atoms with Crippen LogP contribution >= 0.6 is 0 Å². The number of aromatic nitrogens is 1. The first-order valence-electron chi connectivity index (χ1n) is 7.20. The number of amides is 1. The van der Waals surface area contributed by atoms with Crippen LogP contribution in [0.2, 0.25) is 0 Å². The number of H-pyrrole nitrogens is 1. The fourth-order valence-electron chi connectivity index (χ4n) is 3.12. The summed E-state index contributed by atoms with van der Waals surface area (Å²) in [6.07, 6.45) is 2.07. The third-order valence-electron chi connectivity index (χ3n) is 4.32. The van der Waals surface area contributed by atoms with Gasteiger partial charge in [-0.25, -0.2) is 0 Å². The molecule has 3 rings (SSSR count). The summed E-state index contributed by atoms with van der Waals surface area (Å²) in [4.78, 5) is 17.7. The fourth-order valence-corrected chi connectivity index (χ4v) is 3.12. The molecule has 20 heavy (non-hydrogen) atoms. The summed E-state index contributed by atoms with van der Waals surface area (Å²) < 4.78 is 0. The smallest absolute Gasteiger partial charge is 0.270 e. The number of aliphatic hydroxyl groups is 1. The lowest BCUT2D eigenvalue weighted by molar-refractivity contribution is 0.0354. The van der Waals surface area contributed by atoms with Crippen molar-refractivity contribution >= 4 is 16.8 Å². The van der Waals surface area contributed by atoms with Crippen molar-refractivity contribution in [2.24, 2.45) is 5.92 Å². The maximum atomic E-state index is 12.7. The molecular formula is C16H20N2O2. The third kappa shape index (κ3) is 2.20. The van der Waals surface area contributed by atoms with Crippen LogP contribution in [0.4, 0.5) is 0 Å². The van der Waals surface area contributed by atoms with Crippen LogP contribution in [0.5, 0.6) is 0 Å². The van der Waals surface area contributed by atoms with Gasteiger partial charge in [-0.1, -0.05) is 25.1 Å². The Morgan fingerprint density at radius 3 is 3.00 bits per heavy atom. The van der Waals surface area contributed by atoms with Crippen molar-refractivity contribution in [3.63, 3.8) is 0 Å². The fraction of sp³-hybridized carbons (Fsp3) is 0.438. The van der Waals surface area contributed by atoms with Crippen molar-refractivity contribution in [3.8, 4) is 0 Å². The van der Waals surface area contributed by atoms with Crippen molar-refractivity contribution in [2.75, 3.05) is 13.2 Å². The number of para-hydroxylation sites is 1. The van der Waals surface area contributed by atoms with Gasteiger partial charge in [0.25, 0.3) is 5.91 Å². The van der Waals surface area contributed by atoms with Crippen LogP contribution in [0.1, 0.15) is 30.3 Å². The van der Waals surface area contributed by atoms with E-state index in [0.717, 1.165) is 30.3 Å². The van der Waals surface area contributed by atoms with Gasteiger partial charge < -0.3 is 15.0 Å². The Bertz CT molecular complexity index is 587. The number of carbonyl (C=O) groups is 1. The molecule has 0 bridgehead atoms. The van der Waals surface area contributed by atoms with Crippen molar-refractivity contribution in [1.29, 1.82) is 0 Å². The molecule has 1 aromatic heterocycles. The zero-order valence-electron chi connectivity index (χ0n) is 11.7. The van der Waals surface area contributed by atoms with Gasteiger partial charge in [-0.05, 0) is 30.9 Å². The third-order valence-corrected chi connectivity index (χ3v) is 4.32. The first-order valence-corrected chi connectivity index (χ1v) is 7.20. The normalized spacial score (nSPS) is 23.2. The predicted octanol–water partition coefficient (Wildman–Crippen LogP) is 2.40. The average molecular weight is 272 g/mol. The van der Waals surface area contributed by atoms with Crippen LogP contribution in [0, 0.1) is 5.92 Å². The van der Waals surface area contributed by atoms with Gasteiger partial charge >= 0.3 is 0 Å². The van der Waals surface area contributed by atoms with Gasteiger partial charge in [-0.15, -0.1) is 0 Å². The summed E-state index contributed by atoms with van der Waals surface area (Å²) in [5, 5.41) is 10.6. The van der Waals surface area contributed by atoms with Gasteiger partial charge in [0, 0.05) is 17.4 Å². The van der Waals surface area contributed by atoms with E-state index in [9.17, 15) is 9.90 Å². The molecule has 2 N–H and O–H groups in total. The monoisotopic (exact) mass is 272 g/mol. The Hall–Kier alpha value is -1.81. The molecule has 0 spiro atoms. The number of likely N-dealkylation sites (tertiary alicyclic amines) is 1. The SMILES string of the molecule is CC1CCCN(C(=O)c2cc3ccccc3[nH]2)C1CO. The summed E-state index contributed by atoms with van der Waals surface area (Å²) in [6.45, 7) is 2.86. The van der Waals surface area contributed by atoms with Crippen molar-refractivity contribution in [2.45, 2.75) is 25.8 Å². The van der Waals surface area contributed by atoms with E-state index < -0.39 is 0 Å². The lowest BCUT2D eigenvalue weighted by Crippen LogP contribution is -2.49. The highest BCUT2D eigenvalue weighted by atomic mass is 16.3. The van der Waals surface area contributed by atoms with E-state index in [1.807, 2.05) is 35.2 Å². The average Bonchev–Trinajstić information content (AvgIpc) is 2.90. The van der Waals surface area contributed by atoms with Crippen molar-refractivity contribution < 1.29 is 9.90 Å². The van der Waals surface area contributed by atoms with Crippen molar-refractivity contribution in [1.82, 2.24) is 9.88 Å². The molecule has 0 radical (unpaired) electrons. The Balaban J connectivity index is 1.90. The molecule has 1 fully saturated rings. The van der Waals surface area contributed by atoms with Crippen molar-refractivity contribution in [3.05, 3.63) is 36.0 Å². The molecule has 2 heterocycles. The van der Waals surface area contributed by atoms with Gasteiger partial charge in [0.2, 0.25) is 0 Å². The quantitative estimate of drug-likeness (QED) is 0.882. The van der Waals surface area contributed by atoms with Crippen LogP contribution in [0.3, 0.4) is 0 Å². The number of rotatable bonds is 2. The van der Waals surface area contributed by atoms with Gasteiger partial charge in [-0.2, -0.15) is 0 Å². The summed E-state index contributed by atoms with van der Waals surface area (Å²) in [5.74, 6) is 0.342. The lowest BCUT2D eigenvalue weighted by Gasteiger charge is -2.38.